The van der Waals surface area contributed by atoms with Crippen molar-refractivity contribution in [2.75, 3.05) is 27.2 Å². The fraction of sp³-hybridized carbons (Fsp3) is 0.600. The molecule has 0 saturated carbocycles. The summed E-state index contributed by atoms with van der Waals surface area (Å²) in [7, 11) is 4.09. The number of aliphatic hydroxyl groups is 1. The van der Waals surface area contributed by atoms with Crippen LogP contribution in [-0.2, 0) is 0 Å². The first-order chi connectivity index (χ1) is 8.91. The molecule has 1 aromatic carbocycles. The van der Waals surface area contributed by atoms with Gasteiger partial charge in [0.25, 0.3) is 0 Å². The average molecular weight is 285 g/mol. The Morgan fingerprint density at radius 2 is 1.79 bits per heavy atom. The van der Waals surface area contributed by atoms with Crippen LogP contribution in [0.25, 0.3) is 0 Å². The number of hydrogen-bond donors (Lipinski definition) is 2. The summed E-state index contributed by atoms with van der Waals surface area (Å²) in [5.41, 5.74) is 0.903. The van der Waals surface area contributed by atoms with Crippen molar-refractivity contribution in [3.63, 3.8) is 0 Å². The summed E-state index contributed by atoms with van der Waals surface area (Å²) in [6, 6.07) is 7.45. The molecule has 0 radical (unpaired) electrons. The highest BCUT2D eigenvalue weighted by Gasteiger charge is 2.23. The molecule has 0 amide bonds. The first kappa shape index (κ1) is 16.4. The Morgan fingerprint density at radius 1 is 1.21 bits per heavy atom. The average Bonchev–Trinajstić information content (AvgIpc) is 2.34. The van der Waals surface area contributed by atoms with E-state index in [-0.39, 0.29) is 6.04 Å². The van der Waals surface area contributed by atoms with Gasteiger partial charge in [-0.15, -0.1) is 0 Å². The highest BCUT2D eigenvalue weighted by molar-refractivity contribution is 6.30. The topological polar surface area (TPSA) is 35.5 Å². The summed E-state index contributed by atoms with van der Waals surface area (Å²) in [5, 5.41) is 14.6. The van der Waals surface area contributed by atoms with Gasteiger partial charge in [-0.3, -0.25) is 0 Å². The fourth-order valence-corrected chi connectivity index (χ4v) is 2.16. The van der Waals surface area contributed by atoms with Gasteiger partial charge in [-0.1, -0.05) is 37.6 Å². The summed E-state index contributed by atoms with van der Waals surface area (Å²) < 4.78 is 0. The number of nitrogens with one attached hydrogen (secondary N) is 1. The van der Waals surface area contributed by atoms with Crippen molar-refractivity contribution in [1.82, 2.24) is 10.2 Å². The number of benzene rings is 1. The van der Waals surface area contributed by atoms with Crippen LogP contribution in [0.1, 0.15) is 25.5 Å². The zero-order valence-electron chi connectivity index (χ0n) is 12.2. The molecule has 0 fully saturated rings. The van der Waals surface area contributed by atoms with E-state index in [4.69, 9.17) is 11.6 Å². The summed E-state index contributed by atoms with van der Waals surface area (Å²) in [6.45, 7) is 6.05. The van der Waals surface area contributed by atoms with Crippen LogP contribution in [0, 0.1) is 5.92 Å². The first-order valence-electron chi connectivity index (χ1n) is 6.73. The number of likely N-dealkylation sites (N-methyl/N-ethyl adjacent to an activating group) is 1. The maximum Gasteiger partial charge on any atom is 0.0945 e. The number of halogens is 1. The molecule has 108 valence electrons. The van der Waals surface area contributed by atoms with Crippen molar-refractivity contribution in [1.29, 1.82) is 0 Å². The molecule has 4 heteroatoms. The van der Waals surface area contributed by atoms with E-state index in [1.165, 1.54) is 0 Å². The zero-order chi connectivity index (χ0) is 14.4. The predicted octanol–water partition coefficient (Wildman–Crippen LogP) is 2.55. The van der Waals surface area contributed by atoms with Crippen LogP contribution in [0.4, 0.5) is 0 Å². The number of aliphatic hydroxyl groups excluding tert-OH is 1. The van der Waals surface area contributed by atoms with Crippen LogP contribution in [-0.4, -0.2) is 43.2 Å². The third-order valence-electron chi connectivity index (χ3n) is 3.21. The highest BCUT2D eigenvalue weighted by Crippen LogP contribution is 2.23. The lowest BCUT2D eigenvalue weighted by atomic mass is 9.93. The van der Waals surface area contributed by atoms with Gasteiger partial charge in [0.15, 0.2) is 0 Å². The molecule has 0 aromatic heterocycles. The molecule has 0 aliphatic heterocycles. The maximum atomic E-state index is 10.5. The van der Waals surface area contributed by atoms with Crippen LogP contribution >= 0.6 is 11.6 Å². The van der Waals surface area contributed by atoms with E-state index < -0.39 is 6.10 Å². The quantitative estimate of drug-likeness (QED) is 0.808. The molecule has 0 spiro atoms. The SMILES string of the molecule is CC(C)C(NCCN(C)C)C(O)c1ccc(Cl)cc1. The number of rotatable bonds is 7. The Hall–Kier alpha value is -0.610. The summed E-state index contributed by atoms with van der Waals surface area (Å²) in [5.74, 6) is 0.354. The lowest BCUT2D eigenvalue weighted by Gasteiger charge is -2.28. The Morgan fingerprint density at radius 3 is 2.26 bits per heavy atom. The molecule has 2 atom stereocenters. The fourth-order valence-electron chi connectivity index (χ4n) is 2.03. The summed E-state index contributed by atoms with van der Waals surface area (Å²) in [6.07, 6.45) is -0.514. The lowest BCUT2D eigenvalue weighted by Crippen LogP contribution is -2.42. The van der Waals surface area contributed by atoms with Crippen LogP contribution in [0.3, 0.4) is 0 Å². The normalized spacial score (nSPS) is 14.9. The molecule has 3 nitrogen and oxygen atoms in total. The van der Waals surface area contributed by atoms with Crippen molar-refractivity contribution in [2.24, 2.45) is 5.92 Å². The van der Waals surface area contributed by atoms with Crippen molar-refractivity contribution in [3.05, 3.63) is 34.9 Å². The van der Waals surface area contributed by atoms with E-state index in [1.54, 1.807) is 0 Å². The van der Waals surface area contributed by atoms with E-state index in [0.717, 1.165) is 18.7 Å². The molecular formula is C15H25ClN2O. The molecular weight excluding hydrogens is 260 g/mol. The summed E-state index contributed by atoms with van der Waals surface area (Å²) >= 11 is 5.87. The van der Waals surface area contributed by atoms with Gasteiger partial charge in [-0.25, -0.2) is 0 Å². The number of nitrogens with zero attached hydrogens (tertiary/aromatic N) is 1. The molecule has 1 aromatic rings. The first-order valence-corrected chi connectivity index (χ1v) is 7.11. The second-order valence-corrected chi connectivity index (χ2v) is 5.96. The Bertz CT molecular complexity index is 365. The van der Waals surface area contributed by atoms with Gasteiger partial charge in [0, 0.05) is 24.2 Å². The minimum absolute atomic E-state index is 0.0427. The molecule has 19 heavy (non-hydrogen) atoms. The van der Waals surface area contributed by atoms with E-state index in [1.807, 2.05) is 38.4 Å². The molecule has 0 aliphatic carbocycles. The molecule has 0 saturated heterocycles. The molecule has 0 aliphatic rings. The monoisotopic (exact) mass is 284 g/mol. The molecule has 0 bridgehead atoms. The second-order valence-electron chi connectivity index (χ2n) is 5.52. The Balaban J connectivity index is 2.67. The van der Waals surface area contributed by atoms with Gasteiger partial charge < -0.3 is 15.3 Å². The largest absolute Gasteiger partial charge is 0.387 e. The predicted molar refractivity (Wildman–Crippen MR) is 81.6 cm³/mol. The Labute approximate surface area is 121 Å². The molecule has 2 N–H and O–H groups in total. The van der Waals surface area contributed by atoms with Crippen LogP contribution in [0.15, 0.2) is 24.3 Å². The number of hydrogen-bond acceptors (Lipinski definition) is 3. The Kier molecular flexibility index (Phi) is 6.80. The van der Waals surface area contributed by atoms with Crippen LogP contribution in [0.2, 0.25) is 5.02 Å². The van der Waals surface area contributed by atoms with Gasteiger partial charge in [-0.05, 0) is 37.7 Å². The van der Waals surface area contributed by atoms with E-state index in [9.17, 15) is 5.11 Å². The third kappa shape index (κ3) is 5.49. The van der Waals surface area contributed by atoms with E-state index in [0.29, 0.717) is 10.9 Å². The van der Waals surface area contributed by atoms with Crippen molar-refractivity contribution in [2.45, 2.75) is 26.0 Å². The van der Waals surface area contributed by atoms with Gasteiger partial charge in [0.2, 0.25) is 0 Å². The minimum Gasteiger partial charge on any atom is -0.387 e. The van der Waals surface area contributed by atoms with Crippen LogP contribution in [0.5, 0.6) is 0 Å². The van der Waals surface area contributed by atoms with Gasteiger partial charge in [0.1, 0.15) is 0 Å². The zero-order valence-corrected chi connectivity index (χ0v) is 13.0. The van der Waals surface area contributed by atoms with Crippen LogP contribution < -0.4 is 5.32 Å². The molecule has 1 rings (SSSR count). The smallest absolute Gasteiger partial charge is 0.0945 e. The minimum atomic E-state index is -0.514. The highest BCUT2D eigenvalue weighted by atomic mass is 35.5. The van der Waals surface area contributed by atoms with Gasteiger partial charge >= 0.3 is 0 Å². The molecule has 2 unspecified atom stereocenters. The molecule has 0 heterocycles. The van der Waals surface area contributed by atoms with E-state index in [2.05, 4.69) is 24.1 Å². The lowest BCUT2D eigenvalue weighted by molar-refractivity contribution is 0.104. The van der Waals surface area contributed by atoms with Crippen molar-refractivity contribution < 1.29 is 5.11 Å². The van der Waals surface area contributed by atoms with E-state index >= 15 is 0 Å². The van der Waals surface area contributed by atoms with Gasteiger partial charge in [-0.2, -0.15) is 0 Å². The second kappa shape index (κ2) is 7.85. The van der Waals surface area contributed by atoms with Crippen molar-refractivity contribution in [3.8, 4) is 0 Å². The third-order valence-corrected chi connectivity index (χ3v) is 3.46. The maximum absolute atomic E-state index is 10.5. The summed E-state index contributed by atoms with van der Waals surface area (Å²) in [4.78, 5) is 2.12. The van der Waals surface area contributed by atoms with Crippen molar-refractivity contribution >= 4 is 11.6 Å². The van der Waals surface area contributed by atoms with Gasteiger partial charge in [0.05, 0.1) is 6.10 Å². The standard InChI is InChI=1S/C15H25ClN2O/c1-11(2)14(17-9-10-18(3)4)15(19)12-5-7-13(16)8-6-12/h5-8,11,14-15,17,19H,9-10H2,1-4H3.